The van der Waals surface area contributed by atoms with Crippen LogP contribution >= 0.6 is 0 Å². The fraction of sp³-hybridized carbons (Fsp3) is 0.471. The van der Waals surface area contributed by atoms with Crippen molar-refractivity contribution in [2.24, 2.45) is 5.92 Å². The highest BCUT2D eigenvalue weighted by atomic mass is 19.4. The van der Waals surface area contributed by atoms with Crippen molar-refractivity contribution in [3.05, 3.63) is 35.4 Å². The van der Waals surface area contributed by atoms with Crippen molar-refractivity contribution in [3.63, 3.8) is 0 Å². The van der Waals surface area contributed by atoms with Crippen LogP contribution in [-0.2, 0) is 11.2 Å². The lowest BCUT2D eigenvalue weighted by Crippen LogP contribution is -2.37. The normalized spacial score (nSPS) is 12.5. The molecule has 126 valence electrons. The molecule has 0 saturated carbocycles. The average Bonchev–Trinajstić information content (AvgIpc) is 2.48. The van der Waals surface area contributed by atoms with Gasteiger partial charge in [0.1, 0.15) is 6.10 Å². The first kappa shape index (κ1) is 19.0. The highest BCUT2D eigenvalue weighted by Crippen LogP contribution is 2.14. The van der Waals surface area contributed by atoms with Crippen LogP contribution in [0.25, 0.3) is 0 Å². The Hall–Kier alpha value is -2.00. The lowest BCUT2D eigenvalue weighted by Gasteiger charge is -2.08. The molecule has 0 aromatic heterocycles. The molecule has 0 saturated heterocycles. The van der Waals surface area contributed by atoms with Gasteiger partial charge < -0.3 is 10.4 Å². The molecule has 1 amide bonds. The van der Waals surface area contributed by atoms with Crippen LogP contribution in [0.4, 0.5) is 13.2 Å². The molecule has 3 nitrogen and oxygen atoms in total. The Balaban J connectivity index is 2.50. The number of amides is 1. The van der Waals surface area contributed by atoms with Gasteiger partial charge in [0.2, 0.25) is 0 Å². The van der Waals surface area contributed by atoms with Crippen molar-refractivity contribution < 1.29 is 23.1 Å². The molecule has 2 N–H and O–H groups in total. The quantitative estimate of drug-likeness (QED) is 0.645. The molecule has 0 spiro atoms. The number of aliphatic hydroxyl groups excluding tert-OH is 1. The van der Waals surface area contributed by atoms with Crippen molar-refractivity contribution in [2.45, 2.75) is 39.0 Å². The summed E-state index contributed by atoms with van der Waals surface area (Å²) in [6.45, 7) is 3.69. The van der Waals surface area contributed by atoms with Crippen LogP contribution in [0.3, 0.4) is 0 Å². The van der Waals surface area contributed by atoms with Crippen molar-refractivity contribution in [2.75, 3.05) is 6.54 Å². The van der Waals surface area contributed by atoms with E-state index in [4.69, 9.17) is 0 Å². The Morgan fingerprint density at radius 3 is 2.65 bits per heavy atom. The maximum atomic E-state index is 12.0. The zero-order chi connectivity index (χ0) is 17.5. The molecular formula is C17H20F3NO2. The first-order chi connectivity index (χ1) is 10.7. The third-order valence-corrected chi connectivity index (χ3v) is 3.11. The summed E-state index contributed by atoms with van der Waals surface area (Å²) in [5.74, 6) is 3.75. The number of alkyl halides is 3. The predicted molar refractivity (Wildman–Crippen MR) is 81.6 cm³/mol. The van der Waals surface area contributed by atoms with E-state index in [1.54, 1.807) is 12.1 Å². The summed E-state index contributed by atoms with van der Waals surface area (Å²) in [4.78, 5) is 10.7. The summed E-state index contributed by atoms with van der Waals surface area (Å²) >= 11 is 0. The van der Waals surface area contributed by atoms with Crippen molar-refractivity contribution >= 4 is 5.91 Å². The van der Waals surface area contributed by atoms with Crippen molar-refractivity contribution in [3.8, 4) is 11.8 Å². The molecule has 0 heterocycles. The minimum Gasteiger partial charge on any atom is -0.380 e. The monoisotopic (exact) mass is 327 g/mol. The van der Waals surface area contributed by atoms with E-state index < -0.39 is 18.2 Å². The maximum absolute atomic E-state index is 12.0. The molecule has 1 aromatic carbocycles. The number of hydrogen-bond donors (Lipinski definition) is 2. The van der Waals surface area contributed by atoms with Gasteiger partial charge in [-0.05, 0) is 36.5 Å². The van der Waals surface area contributed by atoms with Crippen molar-refractivity contribution in [1.29, 1.82) is 0 Å². The number of aliphatic hydroxyl groups is 1. The number of rotatable bonds is 5. The van der Waals surface area contributed by atoms with Gasteiger partial charge in [-0.2, -0.15) is 13.2 Å². The second-order valence-corrected chi connectivity index (χ2v) is 5.52. The number of hydrogen-bond acceptors (Lipinski definition) is 2. The molecule has 0 bridgehead atoms. The van der Waals surface area contributed by atoms with E-state index in [0.29, 0.717) is 12.8 Å². The number of carbonyl (C=O) groups is 1. The molecule has 6 heteroatoms. The van der Waals surface area contributed by atoms with Crippen LogP contribution in [0.5, 0.6) is 0 Å². The number of halogens is 3. The lowest BCUT2D eigenvalue weighted by molar-refractivity contribution is -0.173. The molecule has 23 heavy (non-hydrogen) atoms. The highest BCUT2D eigenvalue weighted by molar-refractivity contribution is 5.81. The van der Waals surface area contributed by atoms with Crippen LogP contribution in [0.1, 0.15) is 31.4 Å². The van der Waals surface area contributed by atoms with Gasteiger partial charge in [-0.15, -0.1) is 0 Å². The average molecular weight is 327 g/mol. The predicted octanol–water partition coefficient (Wildman–Crippen LogP) is 2.67. The van der Waals surface area contributed by atoms with E-state index in [9.17, 15) is 23.1 Å². The summed E-state index contributed by atoms with van der Waals surface area (Å²) in [5, 5.41) is 11.5. The smallest absolute Gasteiger partial charge is 0.380 e. The minimum absolute atomic E-state index is 0.0414. The molecule has 1 rings (SSSR count). The standard InChI is InChI=1S/C17H20F3NO2/c1-12(2)15(22)9-8-14-6-3-5-13(11-14)7-4-10-21-16(23)17(18,19)20/h3,5-6,11-12,15,22H,4,7,10H2,1-2H3,(H,21,23). The Morgan fingerprint density at radius 1 is 1.35 bits per heavy atom. The fourth-order valence-electron chi connectivity index (χ4n) is 1.72. The van der Waals surface area contributed by atoms with Crippen LogP contribution in [0.15, 0.2) is 24.3 Å². The third-order valence-electron chi connectivity index (χ3n) is 3.11. The molecule has 1 atom stereocenters. The van der Waals surface area contributed by atoms with Crippen molar-refractivity contribution in [1.82, 2.24) is 5.32 Å². The van der Waals surface area contributed by atoms with Crippen LogP contribution in [0.2, 0.25) is 0 Å². The van der Waals surface area contributed by atoms with Gasteiger partial charge in [-0.25, -0.2) is 0 Å². The first-order valence-electron chi connectivity index (χ1n) is 7.33. The third kappa shape index (κ3) is 7.20. The van der Waals surface area contributed by atoms with E-state index in [0.717, 1.165) is 11.1 Å². The van der Waals surface area contributed by atoms with E-state index in [1.165, 1.54) is 0 Å². The summed E-state index contributed by atoms with van der Waals surface area (Å²) in [5.41, 5.74) is 1.65. The topological polar surface area (TPSA) is 49.3 Å². The van der Waals surface area contributed by atoms with Gasteiger partial charge in [0, 0.05) is 12.1 Å². The van der Waals surface area contributed by atoms with Crippen LogP contribution in [-0.4, -0.2) is 29.8 Å². The molecule has 1 unspecified atom stereocenters. The molecular weight excluding hydrogens is 307 g/mol. The zero-order valence-corrected chi connectivity index (χ0v) is 13.1. The van der Waals surface area contributed by atoms with E-state index in [-0.39, 0.29) is 12.5 Å². The number of benzene rings is 1. The van der Waals surface area contributed by atoms with Gasteiger partial charge in [-0.3, -0.25) is 4.79 Å². The second-order valence-electron chi connectivity index (χ2n) is 5.52. The number of carbonyl (C=O) groups excluding carboxylic acids is 1. The van der Waals surface area contributed by atoms with E-state index >= 15 is 0 Å². The summed E-state index contributed by atoms with van der Waals surface area (Å²) < 4.78 is 36.0. The van der Waals surface area contributed by atoms with Crippen LogP contribution < -0.4 is 5.32 Å². The van der Waals surface area contributed by atoms with E-state index in [2.05, 4.69) is 11.8 Å². The summed E-state index contributed by atoms with van der Waals surface area (Å²) in [6.07, 6.45) is -4.61. The molecule has 0 radical (unpaired) electrons. The number of nitrogens with one attached hydrogen (secondary N) is 1. The van der Waals surface area contributed by atoms with Gasteiger partial charge in [0.05, 0.1) is 0 Å². The summed E-state index contributed by atoms with van der Waals surface area (Å²) in [7, 11) is 0. The summed E-state index contributed by atoms with van der Waals surface area (Å²) in [6, 6.07) is 7.27. The second kappa shape index (κ2) is 8.59. The Bertz CT molecular complexity index is 585. The molecule has 0 fully saturated rings. The van der Waals surface area contributed by atoms with Gasteiger partial charge in [0.15, 0.2) is 0 Å². The minimum atomic E-state index is -4.84. The zero-order valence-electron chi connectivity index (χ0n) is 13.1. The largest absolute Gasteiger partial charge is 0.471 e. The van der Waals surface area contributed by atoms with Gasteiger partial charge >= 0.3 is 12.1 Å². The molecule has 0 aliphatic carbocycles. The molecule has 0 aliphatic heterocycles. The van der Waals surface area contributed by atoms with E-state index in [1.807, 2.05) is 31.3 Å². The van der Waals surface area contributed by atoms with Gasteiger partial charge in [-0.1, -0.05) is 37.8 Å². The van der Waals surface area contributed by atoms with Crippen LogP contribution in [0, 0.1) is 17.8 Å². The fourth-order valence-corrected chi connectivity index (χ4v) is 1.72. The highest BCUT2D eigenvalue weighted by Gasteiger charge is 2.38. The molecule has 1 aromatic rings. The Kier molecular flexibility index (Phi) is 7.11. The first-order valence-corrected chi connectivity index (χ1v) is 7.33. The molecule has 0 aliphatic rings. The maximum Gasteiger partial charge on any atom is 0.471 e. The lowest BCUT2D eigenvalue weighted by atomic mass is 10.0. The Morgan fingerprint density at radius 2 is 2.04 bits per heavy atom. The van der Waals surface area contributed by atoms with Gasteiger partial charge in [0.25, 0.3) is 0 Å². The SMILES string of the molecule is CC(C)C(O)C#Cc1cccc(CCCNC(=O)C(F)(F)F)c1. The number of aryl methyl sites for hydroxylation is 1. The Labute approximate surface area is 133 Å².